The molecular weight excluding hydrogens is 283 g/mol. The van der Waals surface area contributed by atoms with Gasteiger partial charge < -0.3 is 4.74 Å². The van der Waals surface area contributed by atoms with E-state index < -0.39 is 21.4 Å². The highest BCUT2D eigenvalue weighted by Gasteiger charge is 2.14. The Hall–Kier alpha value is -3.03. The van der Waals surface area contributed by atoms with E-state index in [1.807, 2.05) is 0 Å². The van der Waals surface area contributed by atoms with Crippen molar-refractivity contribution in [2.24, 2.45) is 0 Å². The molecule has 0 N–H and O–H groups in total. The van der Waals surface area contributed by atoms with Gasteiger partial charge in [-0.2, -0.15) is 0 Å². The van der Waals surface area contributed by atoms with Gasteiger partial charge in [0.2, 0.25) is 0 Å². The van der Waals surface area contributed by atoms with E-state index in [1.165, 1.54) is 18.2 Å². The van der Waals surface area contributed by atoms with Crippen LogP contribution in [0.1, 0.15) is 5.56 Å². The molecule has 0 heterocycles. The van der Waals surface area contributed by atoms with Crippen molar-refractivity contribution in [3.8, 4) is 11.5 Å². The van der Waals surface area contributed by atoms with Crippen LogP contribution in [0, 0.1) is 33.0 Å². The average molecular weight is 292 g/mol. The number of nitro groups is 2. The molecule has 0 amide bonds. The van der Waals surface area contributed by atoms with Crippen molar-refractivity contribution in [1.82, 2.24) is 0 Å². The third-order valence-electron chi connectivity index (χ3n) is 2.68. The van der Waals surface area contributed by atoms with Gasteiger partial charge in [0.1, 0.15) is 17.3 Å². The summed E-state index contributed by atoms with van der Waals surface area (Å²) in [5.74, 6) is -0.809. The zero-order valence-electron chi connectivity index (χ0n) is 10.8. The van der Waals surface area contributed by atoms with Crippen LogP contribution in [0.4, 0.5) is 15.8 Å². The molecule has 0 bridgehead atoms. The van der Waals surface area contributed by atoms with E-state index in [1.54, 1.807) is 6.92 Å². The van der Waals surface area contributed by atoms with Gasteiger partial charge in [0.25, 0.3) is 11.4 Å². The van der Waals surface area contributed by atoms with Gasteiger partial charge in [-0.25, -0.2) is 4.39 Å². The summed E-state index contributed by atoms with van der Waals surface area (Å²) in [6.45, 7) is 1.65. The molecule has 8 heteroatoms. The normalized spacial score (nSPS) is 10.2. The van der Waals surface area contributed by atoms with Gasteiger partial charge in [0.05, 0.1) is 28.0 Å². The Bertz CT molecular complexity index is 732. The topological polar surface area (TPSA) is 95.5 Å². The van der Waals surface area contributed by atoms with Crippen molar-refractivity contribution in [3.05, 3.63) is 68.0 Å². The molecule has 0 fully saturated rings. The molecule has 21 heavy (non-hydrogen) atoms. The quantitative estimate of drug-likeness (QED) is 0.631. The molecule has 0 unspecified atom stereocenters. The van der Waals surface area contributed by atoms with Gasteiger partial charge in [0, 0.05) is 12.1 Å². The summed E-state index contributed by atoms with van der Waals surface area (Å²) >= 11 is 0. The largest absolute Gasteiger partial charge is 0.456 e. The number of halogens is 1. The van der Waals surface area contributed by atoms with E-state index in [0.717, 1.165) is 18.2 Å². The molecule has 2 aromatic rings. The Kier molecular flexibility index (Phi) is 3.79. The van der Waals surface area contributed by atoms with Crippen LogP contribution >= 0.6 is 0 Å². The van der Waals surface area contributed by atoms with Gasteiger partial charge in [-0.1, -0.05) is 0 Å². The SMILES string of the molecule is Cc1ccc([N+](=O)[O-])cc1Oc1cc(F)cc([N+](=O)[O-])c1. The lowest BCUT2D eigenvalue weighted by Gasteiger charge is -2.08. The second-order valence-corrected chi connectivity index (χ2v) is 4.21. The molecular formula is C13H9FN2O5. The van der Waals surface area contributed by atoms with E-state index in [2.05, 4.69) is 0 Å². The Morgan fingerprint density at radius 2 is 1.67 bits per heavy atom. The fraction of sp³-hybridized carbons (Fsp3) is 0.0769. The summed E-state index contributed by atoms with van der Waals surface area (Å²) in [7, 11) is 0. The number of nitrogens with zero attached hydrogens (tertiary/aromatic N) is 2. The van der Waals surface area contributed by atoms with Crippen molar-refractivity contribution in [3.63, 3.8) is 0 Å². The molecule has 108 valence electrons. The molecule has 0 radical (unpaired) electrons. The molecule has 2 rings (SSSR count). The lowest BCUT2D eigenvalue weighted by atomic mass is 10.2. The zero-order valence-corrected chi connectivity index (χ0v) is 10.8. The predicted octanol–water partition coefficient (Wildman–Crippen LogP) is 3.74. The molecule has 0 aliphatic heterocycles. The van der Waals surface area contributed by atoms with Crippen molar-refractivity contribution in [2.75, 3.05) is 0 Å². The van der Waals surface area contributed by atoms with Gasteiger partial charge in [-0.15, -0.1) is 0 Å². The number of non-ortho nitro benzene ring substituents is 2. The minimum atomic E-state index is -0.831. The van der Waals surface area contributed by atoms with Gasteiger partial charge in [-0.05, 0) is 18.6 Å². The Labute approximate surface area is 117 Å². The van der Waals surface area contributed by atoms with Crippen LogP contribution in [0.15, 0.2) is 36.4 Å². The number of ether oxygens (including phenoxy) is 1. The second kappa shape index (κ2) is 5.53. The summed E-state index contributed by atoms with van der Waals surface area (Å²) < 4.78 is 18.6. The Balaban J connectivity index is 2.40. The van der Waals surface area contributed by atoms with Crippen LogP contribution in [-0.4, -0.2) is 9.85 Å². The van der Waals surface area contributed by atoms with Crippen molar-refractivity contribution in [2.45, 2.75) is 6.92 Å². The Morgan fingerprint density at radius 3 is 2.29 bits per heavy atom. The van der Waals surface area contributed by atoms with Crippen LogP contribution in [0.5, 0.6) is 11.5 Å². The summed E-state index contributed by atoms with van der Waals surface area (Å²) in [6.07, 6.45) is 0. The highest BCUT2D eigenvalue weighted by molar-refractivity contribution is 5.47. The van der Waals surface area contributed by atoms with Crippen LogP contribution in [-0.2, 0) is 0 Å². The smallest absolute Gasteiger partial charge is 0.276 e. The van der Waals surface area contributed by atoms with Crippen molar-refractivity contribution in [1.29, 1.82) is 0 Å². The zero-order chi connectivity index (χ0) is 15.6. The number of hydrogen-bond acceptors (Lipinski definition) is 5. The first kappa shape index (κ1) is 14.4. The minimum absolute atomic E-state index is 0.106. The molecule has 0 aliphatic rings. The molecule has 0 spiro atoms. The molecule has 0 atom stereocenters. The third kappa shape index (κ3) is 3.30. The van der Waals surface area contributed by atoms with Gasteiger partial charge in [0.15, 0.2) is 0 Å². The molecule has 0 aliphatic carbocycles. The molecule has 7 nitrogen and oxygen atoms in total. The molecule has 0 aromatic heterocycles. The maximum atomic E-state index is 13.3. The first-order valence-electron chi connectivity index (χ1n) is 5.74. The van der Waals surface area contributed by atoms with Crippen molar-refractivity contribution < 1.29 is 19.0 Å². The molecule has 0 saturated heterocycles. The highest BCUT2D eigenvalue weighted by Crippen LogP contribution is 2.31. The highest BCUT2D eigenvalue weighted by atomic mass is 19.1. The lowest BCUT2D eigenvalue weighted by molar-refractivity contribution is -0.385. The summed E-state index contributed by atoms with van der Waals surface area (Å²) in [5, 5.41) is 21.4. The third-order valence-corrected chi connectivity index (χ3v) is 2.68. The van der Waals surface area contributed by atoms with E-state index in [0.29, 0.717) is 5.56 Å². The summed E-state index contributed by atoms with van der Waals surface area (Å²) in [5.41, 5.74) is -0.0814. The van der Waals surface area contributed by atoms with Crippen LogP contribution < -0.4 is 4.74 Å². The van der Waals surface area contributed by atoms with Gasteiger partial charge >= 0.3 is 0 Å². The van der Waals surface area contributed by atoms with Crippen LogP contribution in [0.3, 0.4) is 0 Å². The first-order valence-corrected chi connectivity index (χ1v) is 5.74. The van der Waals surface area contributed by atoms with E-state index in [-0.39, 0.29) is 17.2 Å². The standard InChI is InChI=1S/C13H9FN2O5/c1-8-2-3-10(15(17)18)7-13(8)21-12-5-9(14)4-11(6-12)16(19)20/h2-7H,1H3. The maximum absolute atomic E-state index is 13.3. The fourth-order valence-corrected chi connectivity index (χ4v) is 1.65. The van der Waals surface area contributed by atoms with Crippen molar-refractivity contribution >= 4 is 11.4 Å². The number of aryl methyl sites for hydroxylation is 1. The average Bonchev–Trinajstić information content (AvgIpc) is 2.40. The molecule has 2 aromatic carbocycles. The first-order chi connectivity index (χ1) is 9.86. The van der Waals surface area contributed by atoms with Gasteiger partial charge in [-0.3, -0.25) is 20.2 Å². The summed E-state index contributed by atoms with van der Waals surface area (Å²) in [4.78, 5) is 20.0. The minimum Gasteiger partial charge on any atom is -0.456 e. The number of rotatable bonds is 4. The summed E-state index contributed by atoms with van der Waals surface area (Å²) in [6, 6.07) is 6.71. The second-order valence-electron chi connectivity index (χ2n) is 4.21. The van der Waals surface area contributed by atoms with E-state index in [9.17, 15) is 24.6 Å². The molecule has 0 saturated carbocycles. The monoisotopic (exact) mass is 292 g/mol. The number of hydrogen-bond donors (Lipinski definition) is 0. The predicted molar refractivity (Wildman–Crippen MR) is 71.0 cm³/mol. The van der Waals surface area contributed by atoms with Crippen LogP contribution in [0.2, 0.25) is 0 Å². The van der Waals surface area contributed by atoms with E-state index in [4.69, 9.17) is 4.74 Å². The fourth-order valence-electron chi connectivity index (χ4n) is 1.65. The lowest BCUT2D eigenvalue weighted by Crippen LogP contribution is -1.94. The number of nitro benzene ring substituents is 2. The van der Waals surface area contributed by atoms with E-state index >= 15 is 0 Å². The Morgan fingerprint density at radius 1 is 1.00 bits per heavy atom. The maximum Gasteiger partial charge on any atom is 0.276 e. The van der Waals surface area contributed by atoms with Crippen LogP contribution in [0.25, 0.3) is 0 Å². The number of benzene rings is 2.